The number of Topliss-reactive ketones (excluding diaryl/α,β-unsaturated/α-hetero) is 2. The third-order valence-electron chi connectivity index (χ3n) is 9.08. The summed E-state index contributed by atoms with van der Waals surface area (Å²) in [6, 6.07) is -0.101. The number of primary amides is 1. The van der Waals surface area contributed by atoms with Crippen LogP contribution in [0.5, 0.6) is 5.75 Å². The number of aromatic hydroxyl groups is 1. The van der Waals surface area contributed by atoms with Gasteiger partial charge in [0.25, 0.3) is 5.91 Å². The molecule has 0 aromatic heterocycles. The second kappa shape index (κ2) is 10.7. The predicted molar refractivity (Wildman–Crippen MR) is 150 cm³/mol. The summed E-state index contributed by atoms with van der Waals surface area (Å²) in [4.78, 5) is 42.5. The molecule has 1 amide bonds. The molecule has 1 aromatic carbocycles. The molecule has 4 rings (SSSR count). The second-order valence-electron chi connectivity index (χ2n) is 13.0. The van der Waals surface area contributed by atoms with Crippen LogP contribution in [-0.2, 0) is 22.6 Å². The van der Waals surface area contributed by atoms with E-state index in [1.807, 2.05) is 25.7 Å². The number of allylic oxidation sites excluding steroid dienone is 1. The van der Waals surface area contributed by atoms with Crippen LogP contribution in [0.15, 0.2) is 28.7 Å². The first kappa shape index (κ1) is 31.6. The fourth-order valence-electron chi connectivity index (χ4n) is 7.28. The van der Waals surface area contributed by atoms with Gasteiger partial charge in [0.2, 0.25) is 5.78 Å². The van der Waals surface area contributed by atoms with E-state index in [1.54, 1.807) is 7.05 Å². The Morgan fingerprint density at radius 1 is 1.19 bits per heavy atom. The van der Waals surface area contributed by atoms with Crippen LogP contribution in [0.4, 0.5) is 4.39 Å². The van der Waals surface area contributed by atoms with Crippen molar-refractivity contribution in [1.82, 2.24) is 9.80 Å². The third-order valence-corrected chi connectivity index (χ3v) is 9.08. The SMILES string of the molecule is CN(C)[C@@H]1C(O)=C(C(N)=O)C(=O)[C@@]2(O)C(O)=C3C(=O)c4c(O)cc(CN(C)[C@H](CCO)C(C)(C)C)c(F)c4C[C@H]3C[C@@H]12. The highest BCUT2D eigenvalue weighted by Gasteiger charge is 2.63. The highest BCUT2D eigenvalue weighted by atomic mass is 19.1. The summed E-state index contributed by atoms with van der Waals surface area (Å²) >= 11 is 0. The van der Waals surface area contributed by atoms with Crippen molar-refractivity contribution in [3.05, 3.63) is 51.2 Å². The van der Waals surface area contributed by atoms with E-state index in [-0.39, 0.29) is 59.7 Å². The van der Waals surface area contributed by atoms with E-state index in [0.717, 1.165) is 6.07 Å². The van der Waals surface area contributed by atoms with Crippen LogP contribution in [-0.4, -0.2) is 98.2 Å². The van der Waals surface area contributed by atoms with Gasteiger partial charge < -0.3 is 31.3 Å². The van der Waals surface area contributed by atoms with Crippen LogP contribution in [0.25, 0.3) is 0 Å². The molecule has 0 unspecified atom stereocenters. The highest BCUT2D eigenvalue weighted by Crippen LogP contribution is 2.52. The van der Waals surface area contributed by atoms with Crippen molar-refractivity contribution >= 4 is 17.5 Å². The maximum Gasteiger partial charge on any atom is 0.255 e. The lowest BCUT2D eigenvalue weighted by atomic mass is 9.58. The number of nitrogens with two attached hydrogens (primary N) is 1. The van der Waals surface area contributed by atoms with Gasteiger partial charge in [0.1, 0.15) is 28.7 Å². The van der Waals surface area contributed by atoms with Gasteiger partial charge in [0.15, 0.2) is 11.4 Å². The zero-order valence-corrected chi connectivity index (χ0v) is 24.7. The number of phenolic OH excluding ortho intramolecular Hbond substituents is 1. The van der Waals surface area contributed by atoms with Gasteiger partial charge in [0.05, 0.1) is 11.6 Å². The quantitative estimate of drug-likeness (QED) is 0.255. The first-order chi connectivity index (χ1) is 19.4. The molecule has 0 fully saturated rings. The molecule has 0 bridgehead atoms. The predicted octanol–water partition coefficient (Wildman–Crippen LogP) is 1.49. The molecule has 1 aromatic rings. The topological polar surface area (TPSA) is 185 Å². The van der Waals surface area contributed by atoms with E-state index in [1.165, 1.54) is 19.0 Å². The lowest BCUT2D eigenvalue weighted by Gasteiger charge is -2.50. The molecule has 0 spiro atoms. The molecule has 0 aliphatic heterocycles. The molecule has 0 radical (unpaired) electrons. The summed E-state index contributed by atoms with van der Waals surface area (Å²) in [6.07, 6.45) is 0.185. The number of aliphatic hydroxyl groups excluding tert-OH is 3. The summed E-state index contributed by atoms with van der Waals surface area (Å²) < 4.78 is 16.1. The van der Waals surface area contributed by atoms with Crippen LogP contribution in [0, 0.1) is 23.1 Å². The van der Waals surface area contributed by atoms with Crippen LogP contribution >= 0.6 is 0 Å². The second-order valence-corrected chi connectivity index (χ2v) is 13.0. The average molecular weight is 590 g/mol. The molecule has 7 N–H and O–H groups in total. The number of amides is 1. The maximum absolute atomic E-state index is 16.1. The highest BCUT2D eigenvalue weighted by molar-refractivity contribution is 6.24. The molecule has 11 nitrogen and oxygen atoms in total. The zero-order chi connectivity index (χ0) is 31.6. The van der Waals surface area contributed by atoms with E-state index in [9.17, 15) is 39.9 Å². The summed E-state index contributed by atoms with van der Waals surface area (Å²) in [7, 11) is 4.86. The fourth-order valence-corrected chi connectivity index (χ4v) is 7.28. The first-order valence-corrected chi connectivity index (χ1v) is 13.9. The summed E-state index contributed by atoms with van der Waals surface area (Å²) in [5, 5.41) is 54.4. The number of phenols is 1. The molecule has 230 valence electrons. The molecule has 3 aliphatic rings. The van der Waals surface area contributed by atoms with Gasteiger partial charge in [-0.2, -0.15) is 0 Å². The Hall–Kier alpha value is -3.32. The van der Waals surface area contributed by atoms with E-state index in [4.69, 9.17) is 5.73 Å². The normalized spacial score (nSPS) is 26.9. The molecule has 42 heavy (non-hydrogen) atoms. The Balaban J connectivity index is 1.82. The number of carbonyl (C=O) groups excluding carboxylic acids is 3. The van der Waals surface area contributed by atoms with Crippen molar-refractivity contribution < 1.29 is 44.3 Å². The lowest BCUT2D eigenvalue weighted by molar-refractivity contribution is -0.148. The van der Waals surface area contributed by atoms with Crippen molar-refractivity contribution in [2.24, 2.45) is 23.0 Å². The van der Waals surface area contributed by atoms with Gasteiger partial charge in [-0.1, -0.05) is 20.8 Å². The molecule has 12 heteroatoms. The maximum atomic E-state index is 16.1. The number of ketones is 2. The van der Waals surface area contributed by atoms with Crippen LogP contribution in [0.1, 0.15) is 55.1 Å². The molecule has 5 atom stereocenters. The number of nitrogens with zero attached hydrogens (tertiary/aromatic N) is 2. The smallest absolute Gasteiger partial charge is 0.255 e. The summed E-state index contributed by atoms with van der Waals surface area (Å²) in [5.74, 6) is -8.51. The number of aliphatic hydroxyl groups is 4. The summed E-state index contributed by atoms with van der Waals surface area (Å²) in [6.45, 7) is 6.03. The number of fused-ring (bicyclic) bond motifs is 3. The van der Waals surface area contributed by atoms with Crippen molar-refractivity contribution in [2.75, 3.05) is 27.7 Å². The van der Waals surface area contributed by atoms with Crippen LogP contribution in [0.2, 0.25) is 0 Å². The molecule has 3 aliphatic carbocycles. The molecular formula is C30H40FN3O8. The van der Waals surface area contributed by atoms with Gasteiger partial charge in [-0.25, -0.2) is 4.39 Å². The Bertz CT molecular complexity index is 1410. The number of hydrogen-bond acceptors (Lipinski definition) is 10. The Morgan fingerprint density at radius 3 is 2.33 bits per heavy atom. The number of carbonyl (C=O) groups is 3. The Kier molecular flexibility index (Phi) is 8.09. The Morgan fingerprint density at radius 2 is 1.81 bits per heavy atom. The van der Waals surface area contributed by atoms with Crippen LogP contribution < -0.4 is 5.73 Å². The standard InChI is InChI=1S/C30H40FN3O8/c1-29(2,3)18(7-8-35)34(6)12-14-11-17(36)20-15(22(14)31)9-13-10-16-23(33(4)5)25(38)21(28(32)41)27(40)30(16,42)26(39)19(13)24(20)37/h11,13,16,18,23,35-36,38-39,42H,7-10,12H2,1-6H3,(H2,32,41)/t13-,16-,18+,23-,30-/m0/s1. The number of likely N-dealkylation sites (N-methyl/N-ethyl adjacent to an activating group) is 1. The van der Waals surface area contributed by atoms with Crippen molar-refractivity contribution in [1.29, 1.82) is 0 Å². The van der Waals surface area contributed by atoms with Crippen molar-refractivity contribution in [2.45, 2.75) is 64.3 Å². The number of rotatable bonds is 7. The van der Waals surface area contributed by atoms with Gasteiger partial charge >= 0.3 is 0 Å². The third kappa shape index (κ3) is 4.70. The fraction of sp³-hybridized carbons (Fsp3) is 0.567. The minimum absolute atomic E-state index is 0.0500. The minimum atomic E-state index is -2.75. The molecule has 0 saturated heterocycles. The lowest BCUT2D eigenvalue weighted by Crippen LogP contribution is -2.63. The van der Waals surface area contributed by atoms with Gasteiger partial charge in [-0.3, -0.25) is 24.2 Å². The molecular weight excluding hydrogens is 549 g/mol. The number of hydrogen-bond donors (Lipinski definition) is 6. The average Bonchev–Trinajstić information content (AvgIpc) is 2.86. The van der Waals surface area contributed by atoms with Crippen LogP contribution in [0.3, 0.4) is 0 Å². The largest absolute Gasteiger partial charge is 0.510 e. The molecule has 0 saturated carbocycles. The summed E-state index contributed by atoms with van der Waals surface area (Å²) in [5.41, 5.74) is 0.831. The number of benzene rings is 1. The van der Waals surface area contributed by atoms with Gasteiger partial charge in [0, 0.05) is 41.8 Å². The van der Waals surface area contributed by atoms with Gasteiger partial charge in [-0.15, -0.1) is 0 Å². The first-order valence-electron chi connectivity index (χ1n) is 13.9. The van der Waals surface area contributed by atoms with E-state index >= 15 is 4.39 Å². The van der Waals surface area contributed by atoms with Crippen molar-refractivity contribution in [3.8, 4) is 5.75 Å². The van der Waals surface area contributed by atoms with Crippen molar-refractivity contribution in [3.63, 3.8) is 0 Å². The zero-order valence-electron chi connectivity index (χ0n) is 24.7. The van der Waals surface area contributed by atoms with Gasteiger partial charge in [-0.05, 0) is 57.8 Å². The number of halogens is 1. The Labute approximate surface area is 243 Å². The van der Waals surface area contributed by atoms with E-state index < -0.39 is 69.6 Å². The monoisotopic (exact) mass is 589 g/mol. The minimum Gasteiger partial charge on any atom is -0.510 e. The van der Waals surface area contributed by atoms with E-state index in [2.05, 4.69) is 0 Å². The molecule has 0 heterocycles. The van der Waals surface area contributed by atoms with E-state index in [0.29, 0.717) is 6.42 Å².